The molecule has 6 aliphatic rings. The normalized spacial score (nSPS) is 36.9. The van der Waals surface area contributed by atoms with Gasteiger partial charge in [0.25, 0.3) is 0 Å². The van der Waals surface area contributed by atoms with E-state index in [0.29, 0.717) is 0 Å². The van der Waals surface area contributed by atoms with Gasteiger partial charge in [-0.05, 0) is 5.92 Å². The Hall–Kier alpha value is -0.215. The number of hydrogen-bond donors (Lipinski definition) is 0. The third-order valence-electron chi connectivity index (χ3n) is 9.39. The summed E-state index contributed by atoms with van der Waals surface area (Å²) in [6, 6.07) is -14.4. The van der Waals surface area contributed by atoms with Crippen LogP contribution in [-0.4, -0.2) is 114 Å². The van der Waals surface area contributed by atoms with Crippen molar-refractivity contribution >= 4 is 70.4 Å². The minimum absolute atomic E-state index is 1.01. The smallest absolute Gasteiger partial charge is 0.373 e. The molecule has 388 valence electrons. The zero-order valence-electron chi connectivity index (χ0n) is 33.5. The fourth-order valence-electron chi connectivity index (χ4n) is 7.10. The van der Waals surface area contributed by atoms with Crippen molar-refractivity contribution in [1.29, 1.82) is 0 Å². The quantitative estimate of drug-likeness (QED) is 0.108. The summed E-state index contributed by atoms with van der Waals surface area (Å²) in [5.41, 5.74) is 0. The maximum Gasteiger partial charge on any atom is 0.479 e. The van der Waals surface area contributed by atoms with E-state index in [2.05, 4.69) is 0 Å². The predicted molar refractivity (Wildman–Crippen MR) is 187 cm³/mol. The molecule has 0 amide bonds. The molecule has 6 saturated heterocycles. The SMILES string of the molecule is CC(C)C[Si]12O[Si]3(CCC(F)(F)F)O[Si]4(CCC(F)(F)F)O[Si]5(CCC(F)(F)F)O[Si](CCC(F)(F)F)(O3)O[Si](CCC(F)(F)F)(O[Si](CCC(F)(F)F)(O5)O[Si](CCC(F)(F)F)(O4)O1)O2. The van der Waals surface area contributed by atoms with Crippen molar-refractivity contribution in [2.45, 2.75) is 150 Å². The Morgan fingerprint density at radius 2 is 0.364 bits per heavy atom. The lowest BCUT2D eigenvalue weighted by atomic mass is 10.3. The summed E-state index contributed by atoms with van der Waals surface area (Å²) >= 11 is 0. The maximum absolute atomic E-state index is 14.2. The molecule has 0 aliphatic carbocycles. The first-order valence-corrected chi connectivity index (χ1v) is 34.7. The van der Waals surface area contributed by atoms with Gasteiger partial charge in [-0.1, -0.05) is 13.8 Å². The van der Waals surface area contributed by atoms with Crippen molar-refractivity contribution in [1.82, 2.24) is 0 Å². The third kappa shape index (κ3) is 15.9. The van der Waals surface area contributed by atoms with Crippen LogP contribution < -0.4 is 0 Å². The molecule has 12 nitrogen and oxygen atoms in total. The van der Waals surface area contributed by atoms with E-state index in [1.807, 2.05) is 0 Å². The first-order valence-electron chi connectivity index (χ1n) is 19.2. The van der Waals surface area contributed by atoms with E-state index < -0.39 is 213 Å². The van der Waals surface area contributed by atoms with Crippen molar-refractivity contribution in [2.24, 2.45) is 5.92 Å². The van der Waals surface area contributed by atoms with Crippen molar-refractivity contribution in [3.05, 3.63) is 0 Å². The Morgan fingerprint density at radius 3 is 0.470 bits per heavy atom. The first kappa shape index (κ1) is 56.7. The van der Waals surface area contributed by atoms with E-state index in [0.717, 1.165) is 0 Å². The van der Waals surface area contributed by atoms with Crippen LogP contribution in [0.15, 0.2) is 0 Å². The molecular weight excluding hydrogens is 1120 g/mol. The fourth-order valence-corrected chi connectivity index (χ4v) is 57.5. The van der Waals surface area contributed by atoms with Crippen LogP contribution in [0, 0.1) is 5.92 Å². The molecule has 0 spiro atoms. The molecule has 66 heavy (non-hydrogen) atoms. The summed E-state index contributed by atoms with van der Waals surface area (Å²) in [5.74, 6) is -1.11. The van der Waals surface area contributed by atoms with Crippen LogP contribution in [0.3, 0.4) is 0 Å². The lowest BCUT2D eigenvalue weighted by Crippen LogP contribution is -2.88. The minimum Gasteiger partial charge on any atom is -0.373 e. The van der Waals surface area contributed by atoms with E-state index >= 15 is 0 Å². The van der Waals surface area contributed by atoms with Crippen LogP contribution >= 0.6 is 0 Å². The average Bonchev–Trinajstić information content (AvgIpc) is 3.03. The van der Waals surface area contributed by atoms with Gasteiger partial charge in [0.15, 0.2) is 0 Å². The van der Waals surface area contributed by atoms with Gasteiger partial charge in [0.05, 0.1) is 0 Å². The molecular formula is C25H37F21O12Si8. The van der Waals surface area contributed by atoms with Gasteiger partial charge >= 0.3 is 114 Å². The minimum atomic E-state index is -6.53. The highest BCUT2D eigenvalue weighted by Gasteiger charge is 2.84. The molecule has 0 aromatic carbocycles. The van der Waals surface area contributed by atoms with E-state index in [-0.39, 0.29) is 0 Å². The Balaban J connectivity index is 2.01. The number of halogens is 21. The largest absolute Gasteiger partial charge is 0.479 e. The molecule has 0 N–H and O–H groups in total. The molecule has 0 aromatic heterocycles. The van der Waals surface area contributed by atoms with Gasteiger partial charge in [-0.3, -0.25) is 0 Å². The molecule has 0 atom stereocenters. The lowest BCUT2D eigenvalue weighted by molar-refractivity contribution is -0.138. The summed E-state index contributed by atoms with van der Waals surface area (Å²) in [6.07, 6.45) is -54.1. The fraction of sp³-hybridized carbons (Fsp3) is 1.00. The van der Waals surface area contributed by atoms with Crippen LogP contribution in [0.2, 0.25) is 48.4 Å². The van der Waals surface area contributed by atoms with Gasteiger partial charge in [0.1, 0.15) is 0 Å². The predicted octanol–water partition coefficient (Wildman–Crippen LogP) is 11.1. The van der Waals surface area contributed by atoms with E-state index in [9.17, 15) is 92.2 Å². The third-order valence-corrected chi connectivity index (χ3v) is 46.6. The lowest BCUT2D eigenvalue weighted by Gasteiger charge is -2.63. The molecule has 41 heteroatoms. The zero-order valence-corrected chi connectivity index (χ0v) is 41.5. The molecule has 0 radical (unpaired) electrons. The molecule has 6 heterocycles. The Morgan fingerprint density at radius 1 is 0.242 bits per heavy atom. The van der Waals surface area contributed by atoms with E-state index in [1.165, 1.54) is 13.8 Å². The highest BCUT2D eigenvalue weighted by Crippen LogP contribution is 2.57. The van der Waals surface area contributed by atoms with Crippen LogP contribution in [0.25, 0.3) is 0 Å². The second kappa shape index (κ2) is 18.4. The van der Waals surface area contributed by atoms with Gasteiger partial charge in [0, 0.05) is 93.3 Å². The molecule has 6 rings (SSSR count). The van der Waals surface area contributed by atoms with Crippen LogP contribution in [0.5, 0.6) is 0 Å². The second-order valence-electron chi connectivity index (χ2n) is 16.1. The van der Waals surface area contributed by atoms with Gasteiger partial charge in [-0.2, -0.15) is 92.2 Å². The van der Waals surface area contributed by atoms with Crippen molar-refractivity contribution in [3.8, 4) is 0 Å². The molecule has 0 saturated carbocycles. The summed E-state index contributed by atoms with van der Waals surface area (Å²) in [7, 11) is -50.7. The Bertz CT molecular complexity index is 1510. The number of hydrogen-bond acceptors (Lipinski definition) is 12. The van der Waals surface area contributed by atoms with Crippen LogP contribution in [-0.2, 0) is 49.4 Å². The van der Waals surface area contributed by atoms with Gasteiger partial charge in [-0.15, -0.1) is 0 Å². The van der Waals surface area contributed by atoms with Crippen LogP contribution in [0.4, 0.5) is 92.2 Å². The number of alkyl halides is 21. The summed E-state index contributed by atoms with van der Waals surface area (Å²) in [4.78, 5) is 0. The monoisotopic (exact) mass is 1150 g/mol. The molecule has 6 aliphatic heterocycles. The van der Waals surface area contributed by atoms with Gasteiger partial charge in [-0.25, -0.2) is 0 Å². The molecule has 6 fully saturated rings. The Labute approximate surface area is 367 Å². The maximum atomic E-state index is 14.2. The summed E-state index contributed by atoms with van der Waals surface area (Å²) in [6.45, 7) is 2.41. The van der Waals surface area contributed by atoms with Crippen molar-refractivity contribution < 1.29 is 142 Å². The highest BCUT2D eigenvalue weighted by atomic mass is 28.6. The number of rotatable bonds is 16. The van der Waals surface area contributed by atoms with Crippen LogP contribution in [0.1, 0.15) is 58.8 Å². The van der Waals surface area contributed by atoms with Crippen molar-refractivity contribution in [3.63, 3.8) is 0 Å². The topological polar surface area (TPSA) is 111 Å². The van der Waals surface area contributed by atoms with E-state index in [1.54, 1.807) is 0 Å². The first-order chi connectivity index (χ1) is 29.4. The van der Waals surface area contributed by atoms with Gasteiger partial charge in [0.2, 0.25) is 0 Å². The molecule has 0 unspecified atom stereocenters. The summed E-state index contributed by atoms with van der Waals surface area (Å²) < 4.78 is 370. The van der Waals surface area contributed by atoms with Crippen molar-refractivity contribution in [2.75, 3.05) is 0 Å². The molecule has 0 aromatic rings. The second-order valence-corrected chi connectivity index (χ2v) is 40.7. The summed E-state index contributed by atoms with van der Waals surface area (Å²) in [5, 5.41) is 0. The molecule has 8 bridgehead atoms. The highest BCUT2D eigenvalue weighted by molar-refractivity contribution is 7.03. The van der Waals surface area contributed by atoms with Gasteiger partial charge < -0.3 is 49.4 Å². The van der Waals surface area contributed by atoms with E-state index in [4.69, 9.17) is 49.4 Å². The Kier molecular flexibility index (Phi) is 15.8. The average molecular weight is 1150 g/mol. The standard InChI is InChI=1S/C25H37F21O12Si8/c1-18(2)17-66-56-63(14-7-23(38,39)40)50-60(11-4-20(29,30)31)47-59(10-3-19(26,27)28)48-61(52-63,12-5-21(32,33)34)54-65(58-66,16-9-25(44,45)46)55-62(49-59,13-6-22(35,36)37)53-64(51-60,57-66)15-8-24(41,42)43/h18H,3-17H2,1-2H3. The zero-order chi connectivity index (χ0) is 50.2.